The molecule has 1 N–H and O–H groups in total. The van der Waals surface area contributed by atoms with E-state index in [9.17, 15) is 5.11 Å². The highest BCUT2D eigenvalue weighted by atomic mass is 35.5. The van der Waals surface area contributed by atoms with Crippen molar-refractivity contribution >= 4 is 46.0 Å². The predicted molar refractivity (Wildman–Crippen MR) is 120 cm³/mol. The van der Waals surface area contributed by atoms with Gasteiger partial charge in [0.15, 0.2) is 0 Å². The van der Waals surface area contributed by atoms with Crippen LogP contribution < -0.4 is 0 Å². The molecule has 0 saturated carbocycles. The summed E-state index contributed by atoms with van der Waals surface area (Å²) in [6.45, 7) is 1.82. The fraction of sp³-hybridized carbons (Fsp3) is 0.0909. The maximum Gasteiger partial charge on any atom is 0.225 e. The lowest BCUT2D eigenvalue weighted by Crippen LogP contribution is -1.99. The van der Waals surface area contributed by atoms with Gasteiger partial charge in [0.05, 0.1) is 17.3 Å². The van der Waals surface area contributed by atoms with Crippen molar-refractivity contribution in [1.29, 1.82) is 0 Å². The Bertz CT molecular complexity index is 1310. The summed E-state index contributed by atoms with van der Waals surface area (Å²) < 4.78 is 1.58. The van der Waals surface area contributed by atoms with Crippen LogP contribution in [-0.2, 0) is 5.88 Å². The van der Waals surface area contributed by atoms with Gasteiger partial charge in [0.25, 0.3) is 0 Å². The van der Waals surface area contributed by atoms with Crippen LogP contribution in [0.5, 0.6) is 5.88 Å². The molecule has 0 fully saturated rings. The van der Waals surface area contributed by atoms with E-state index in [2.05, 4.69) is 15.2 Å². The molecule has 0 radical (unpaired) electrons. The summed E-state index contributed by atoms with van der Waals surface area (Å²) in [6.07, 6.45) is 1.87. The number of aromatic nitrogens is 4. The summed E-state index contributed by atoms with van der Waals surface area (Å²) in [5.74, 6) is 0.895. The van der Waals surface area contributed by atoms with Crippen molar-refractivity contribution in [1.82, 2.24) is 19.7 Å². The fourth-order valence-electron chi connectivity index (χ4n) is 3.46. The number of rotatable bonds is 4. The van der Waals surface area contributed by atoms with E-state index in [4.69, 9.17) is 16.6 Å². The second kappa shape index (κ2) is 7.51. The van der Waals surface area contributed by atoms with Gasteiger partial charge >= 0.3 is 0 Å². The lowest BCUT2D eigenvalue weighted by molar-refractivity contribution is 0.439. The Morgan fingerprint density at radius 3 is 2.60 bits per heavy atom. The Morgan fingerprint density at radius 2 is 1.83 bits per heavy atom. The van der Waals surface area contributed by atoms with E-state index >= 15 is 0 Å². The summed E-state index contributed by atoms with van der Waals surface area (Å²) in [6, 6.07) is 18.0. The van der Waals surface area contributed by atoms with Gasteiger partial charge in [-0.15, -0.1) is 21.8 Å². The van der Waals surface area contributed by atoms with Crippen LogP contribution in [0.2, 0.25) is 0 Å². The van der Waals surface area contributed by atoms with E-state index in [0.29, 0.717) is 21.7 Å². The molecule has 2 aromatic carbocycles. The smallest absolute Gasteiger partial charge is 0.225 e. The van der Waals surface area contributed by atoms with Gasteiger partial charge in [-0.1, -0.05) is 59.9 Å². The predicted octanol–water partition coefficient (Wildman–Crippen LogP) is 5.15. The summed E-state index contributed by atoms with van der Waals surface area (Å²) in [4.78, 5) is 9.40. The van der Waals surface area contributed by atoms with Crippen LogP contribution in [0.15, 0.2) is 59.6 Å². The first-order valence-electron chi connectivity index (χ1n) is 9.28. The number of allylic oxidation sites excluding steroid dienone is 1. The lowest BCUT2D eigenvalue weighted by Gasteiger charge is -2.05. The molecule has 0 amide bonds. The van der Waals surface area contributed by atoms with Gasteiger partial charge in [-0.05, 0) is 19.1 Å². The van der Waals surface area contributed by atoms with Crippen molar-refractivity contribution in [3.63, 3.8) is 0 Å². The van der Waals surface area contributed by atoms with Gasteiger partial charge in [0, 0.05) is 16.7 Å². The normalized spacial score (nSPS) is 14.2. The van der Waals surface area contributed by atoms with E-state index in [0.717, 1.165) is 28.1 Å². The summed E-state index contributed by atoms with van der Waals surface area (Å²) in [5, 5.41) is 20.3. The molecular formula is C22H16ClN5OS. The highest BCUT2D eigenvalue weighted by Gasteiger charge is 2.24. The van der Waals surface area contributed by atoms with Crippen LogP contribution in [0, 0.1) is 6.92 Å². The molecule has 0 spiro atoms. The molecule has 6 nitrogen and oxygen atoms in total. The number of nitrogens with zero attached hydrogens (tertiary/aromatic N) is 5. The van der Waals surface area contributed by atoms with Gasteiger partial charge in [-0.3, -0.25) is 0 Å². The zero-order valence-corrected chi connectivity index (χ0v) is 17.5. The molecular weight excluding hydrogens is 418 g/mol. The summed E-state index contributed by atoms with van der Waals surface area (Å²) in [5.41, 5.74) is 5.12. The quantitative estimate of drug-likeness (QED) is 0.451. The van der Waals surface area contributed by atoms with Crippen LogP contribution in [0.4, 0.5) is 5.69 Å². The summed E-state index contributed by atoms with van der Waals surface area (Å²) in [7, 11) is 0. The minimum absolute atomic E-state index is 0.00839. The number of hydrogen-bond donors (Lipinski definition) is 1. The molecule has 2 aromatic heterocycles. The van der Waals surface area contributed by atoms with E-state index in [1.807, 2.05) is 67.6 Å². The van der Waals surface area contributed by atoms with Gasteiger partial charge in [-0.2, -0.15) is 0 Å². The molecule has 0 saturated heterocycles. The molecule has 0 atom stereocenters. The van der Waals surface area contributed by atoms with Gasteiger partial charge < -0.3 is 5.11 Å². The Kier molecular flexibility index (Phi) is 4.69. The monoisotopic (exact) mass is 433 g/mol. The molecule has 3 heterocycles. The first-order chi connectivity index (χ1) is 14.7. The number of aliphatic imine (C=N–C) groups is 1. The summed E-state index contributed by atoms with van der Waals surface area (Å²) >= 11 is 7.17. The largest absolute Gasteiger partial charge is 0.493 e. The van der Waals surface area contributed by atoms with Crippen molar-refractivity contribution in [2.24, 2.45) is 4.99 Å². The molecule has 1 aliphatic heterocycles. The van der Waals surface area contributed by atoms with Crippen molar-refractivity contribution in [3.8, 4) is 11.0 Å². The second-order valence-electron chi connectivity index (χ2n) is 6.72. The fourth-order valence-corrected chi connectivity index (χ4v) is 4.42. The maximum atomic E-state index is 10.9. The van der Waals surface area contributed by atoms with E-state index < -0.39 is 0 Å². The minimum Gasteiger partial charge on any atom is -0.493 e. The highest BCUT2D eigenvalue weighted by molar-refractivity contribution is 7.13. The molecule has 0 unspecified atom stereocenters. The molecule has 0 aliphatic carbocycles. The second-order valence-corrected chi connectivity index (χ2v) is 8.02. The van der Waals surface area contributed by atoms with E-state index in [1.165, 1.54) is 11.3 Å². The Balaban J connectivity index is 1.65. The zero-order valence-electron chi connectivity index (χ0n) is 16.0. The maximum absolute atomic E-state index is 10.9. The Morgan fingerprint density at radius 1 is 1.07 bits per heavy atom. The van der Waals surface area contributed by atoms with Gasteiger partial charge in [-0.25, -0.2) is 14.5 Å². The molecule has 30 heavy (non-hydrogen) atoms. The number of para-hydroxylation sites is 1. The van der Waals surface area contributed by atoms with Crippen molar-refractivity contribution in [3.05, 3.63) is 82.3 Å². The number of halogens is 1. The number of alkyl halides is 1. The SMILES string of the molecule is Cc1nc(/C=C2/C(c3ccccc3)=Nc3ccccc32)c(O)n1-c1nnc(CCl)s1. The number of hydrogen-bond acceptors (Lipinski definition) is 6. The van der Waals surface area contributed by atoms with Crippen LogP contribution >= 0.6 is 22.9 Å². The first-order valence-corrected chi connectivity index (χ1v) is 10.6. The number of fused-ring (bicyclic) bond motifs is 1. The average Bonchev–Trinajstić information content (AvgIpc) is 3.45. The molecule has 5 rings (SSSR count). The van der Waals surface area contributed by atoms with E-state index in [1.54, 1.807) is 4.57 Å². The molecule has 148 valence electrons. The Labute approximate surface area is 181 Å². The van der Waals surface area contributed by atoms with Crippen LogP contribution in [0.3, 0.4) is 0 Å². The van der Waals surface area contributed by atoms with Crippen molar-refractivity contribution in [2.75, 3.05) is 0 Å². The third kappa shape index (κ3) is 3.12. The minimum atomic E-state index is 0.00839. The topological polar surface area (TPSA) is 76.2 Å². The van der Waals surface area contributed by atoms with Crippen LogP contribution in [-0.4, -0.2) is 30.6 Å². The highest BCUT2D eigenvalue weighted by Crippen LogP contribution is 2.39. The van der Waals surface area contributed by atoms with Gasteiger partial charge in [0.1, 0.15) is 16.5 Å². The number of aryl methyl sites for hydroxylation is 1. The van der Waals surface area contributed by atoms with Crippen molar-refractivity contribution < 1.29 is 5.11 Å². The average molecular weight is 434 g/mol. The molecule has 1 aliphatic rings. The number of benzene rings is 2. The molecule has 8 heteroatoms. The van der Waals surface area contributed by atoms with Crippen LogP contribution in [0.25, 0.3) is 16.8 Å². The van der Waals surface area contributed by atoms with Gasteiger partial charge in [0.2, 0.25) is 11.0 Å². The third-order valence-corrected chi connectivity index (χ3v) is 6.14. The Hall–Kier alpha value is -3.29. The third-order valence-electron chi connectivity index (χ3n) is 4.82. The molecule has 4 aromatic rings. The van der Waals surface area contributed by atoms with E-state index in [-0.39, 0.29) is 11.8 Å². The lowest BCUT2D eigenvalue weighted by atomic mass is 9.97. The van der Waals surface area contributed by atoms with Crippen LogP contribution in [0.1, 0.15) is 27.7 Å². The standard InChI is InChI=1S/C22H16ClN5OS/c1-13-24-18(21(29)28(13)22-27-26-19(12-23)30-22)11-16-15-9-5-6-10-17(15)25-20(16)14-7-3-2-4-8-14/h2-11,29H,12H2,1H3/b16-11+. The first kappa shape index (κ1) is 18.7. The van der Waals surface area contributed by atoms with Crippen molar-refractivity contribution in [2.45, 2.75) is 12.8 Å². The zero-order chi connectivity index (χ0) is 20.7. The number of imidazole rings is 1. The molecule has 0 bridgehead atoms. The number of aromatic hydroxyl groups is 1.